The average Bonchev–Trinajstić information content (AvgIpc) is 3.35. The van der Waals surface area contributed by atoms with Crippen LogP contribution in [0.2, 0.25) is 5.02 Å². The Labute approximate surface area is 210 Å². The van der Waals surface area contributed by atoms with Gasteiger partial charge in [0.1, 0.15) is 18.9 Å². The maximum atomic E-state index is 13.5. The number of aromatic nitrogens is 2. The summed E-state index contributed by atoms with van der Waals surface area (Å²) in [6.07, 6.45) is 0.785. The number of aryl methyl sites for hydroxylation is 1. The highest BCUT2D eigenvalue weighted by atomic mass is 35.5. The van der Waals surface area contributed by atoms with E-state index in [0.29, 0.717) is 34.7 Å². The fourth-order valence-corrected chi connectivity index (χ4v) is 3.87. The van der Waals surface area contributed by atoms with Gasteiger partial charge in [0, 0.05) is 27.8 Å². The fraction of sp³-hybridized carbons (Fsp3) is 0.250. The van der Waals surface area contributed by atoms with E-state index in [4.69, 9.17) is 20.9 Å². The van der Waals surface area contributed by atoms with E-state index in [-0.39, 0.29) is 18.5 Å². The lowest BCUT2D eigenvalue weighted by molar-refractivity contribution is 0.0646. The Morgan fingerprint density at radius 2 is 1.89 bits per heavy atom. The van der Waals surface area contributed by atoms with Crippen LogP contribution in [0.4, 0.5) is 0 Å². The zero-order valence-electron chi connectivity index (χ0n) is 20.1. The zero-order valence-corrected chi connectivity index (χ0v) is 20.8. The molecule has 0 saturated carbocycles. The van der Waals surface area contributed by atoms with Crippen molar-refractivity contribution >= 4 is 17.5 Å². The molecule has 0 N–H and O–H groups in total. The fourth-order valence-electron chi connectivity index (χ4n) is 3.68. The molecule has 0 aliphatic carbocycles. The maximum absolute atomic E-state index is 13.5. The van der Waals surface area contributed by atoms with Crippen LogP contribution in [0.5, 0.6) is 5.75 Å². The number of rotatable bonds is 9. The third-order valence-electron chi connectivity index (χ3n) is 5.87. The molecule has 7 heteroatoms. The molecule has 0 fully saturated rings. The first-order valence-electron chi connectivity index (χ1n) is 11.6. The molecule has 3 aromatic carbocycles. The monoisotopic (exact) mass is 489 g/mol. The Kier molecular flexibility index (Phi) is 7.83. The van der Waals surface area contributed by atoms with Crippen molar-refractivity contribution in [2.75, 3.05) is 0 Å². The molecule has 0 radical (unpaired) electrons. The summed E-state index contributed by atoms with van der Waals surface area (Å²) >= 11 is 6.23. The number of hydrogen-bond acceptors (Lipinski definition) is 5. The number of halogens is 1. The van der Waals surface area contributed by atoms with Crippen LogP contribution in [0.15, 0.2) is 77.3 Å². The zero-order chi connectivity index (χ0) is 24.8. The van der Waals surface area contributed by atoms with Crippen molar-refractivity contribution in [3.63, 3.8) is 0 Å². The summed E-state index contributed by atoms with van der Waals surface area (Å²) in [7, 11) is 0. The van der Waals surface area contributed by atoms with Gasteiger partial charge in [-0.05, 0) is 50.6 Å². The number of ether oxygens (including phenoxy) is 1. The van der Waals surface area contributed by atoms with Crippen LogP contribution in [0.25, 0.3) is 11.4 Å². The van der Waals surface area contributed by atoms with Gasteiger partial charge in [0.2, 0.25) is 11.7 Å². The van der Waals surface area contributed by atoms with E-state index in [9.17, 15) is 4.79 Å². The Hall–Kier alpha value is -3.64. The molecule has 1 amide bonds. The summed E-state index contributed by atoms with van der Waals surface area (Å²) in [5, 5.41) is 4.76. The predicted octanol–water partition coefficient (Wildman–Crippen LogP) is 6.72. The number of carbonyl (C=O) groups excluding carboxylic acids is 1. The van der Waals surface area contributed by atoms with Gasteiger partial charge < -0.3 is 14.2 Å². The Balaban J connectivity index is 1.50. The van der Waals surface area contributed by atoms with Crippen LogP contribution >= 0.6 is 11.6 Å². The summed E-state index contributed by atoms with van der Waals surface area (Å²) in [5.41, 5.74) is 3.40. The quantitative estimate of drug-likeness (QED) is 0.261. The highest BCUT2D eigenvalue weighted by Gasteiger charge is 2.24. The highest BCUT2D eigenvalue weighted by molar-refractivity contribution is 6.31. The molecule has 4 aromatic rings. The Morgan fingerprint density at radius 1 is 1.09 bits per heavy atom. The second-order valence-corrected chi connectivity index (χ2v) is 8.89. The van der Waals surface area contributed by atoms with Crippen molar-refractivity contribution < 1.29 is 14.1 Å². The summed E-state index contributed by atoms with van der Waals surface area (Å²) in [6, 6.07) is 22.6. The first-order valence-corrected chi connectivity index (χ1v) is 12.0. The van der Waals surface area contributed by atoms with Crippen LogP contribution in [-0.4, -0.2) is 27.0 Å². The van der Waals surface area contributed by atoms with Crippen molar-refractivity contribution in [2.24, 2.45) is 0 Å². The van der Waals surface area contributed by atoms with Crippen LogP contribution in [0, 0.1) is 6.92 Å². The minimum atomic E-state index is -0.127. The van der Waals surface area contributed by atoms with Gasteiger partial charge in [-0.25, -0.2) is 0 Å². The second kappa shape index (κ2) is 11.2. The number of benzene rings is 3. The molecule has 0 bridgehead atoms. The molecular weight excluding hydrogens is 462 g/mol. The van der Waals surface area contributed by atoms with Crippen molar-refractivity contribution in [2.45, 2.75) is 46.4 Å². The number of amides is 1. The third kappa shape index (κ3) is 6.08. The molecule has 35 heavy (non-hydrogen) atoms. The Morgan fingerprint density at radius 3 is 2.66 bits per heavy atom. The topological polar surface area (TPSA) is 68.5 Å². The van der Waals surface area contributed by atoms with Crippen LogP contribution < -0.4 is 4.74 Å². The van der Waals surface area contributed by atoms with Gasteiger partial charge in [-0.15, -0.1) is 0 Å². The largest absolute Gasteiger partial charge is 0.489 e. The van der Waals surface area contributed by atoms with Crippen molar-refractivity contribution in [3.05, 3.63) is 100 Å². The lowest BCUT2D eigenvalue weighted by Gasteiger charge is -2.27. The van der Waals surface area contributed by atoms with Gasteiger partial charge >= 0.3 is 0 Å². The first-order chi connectivity index (χ1) is 16.9. The third-order valence-corrected chi connectivity index (χ3v) is 6.24. The van der Waals surface area contributed by atoms with Crippen LogP contribution in [0.3, 0.4) is 0 Å². The predicted molar refractivity (Wildman–Crippen MR) is 136 cm³/mol. The van der Waals surface area contributed by atoms with Crippen LogP contribution in [0.1, 0.15) is 47.6 Å². The van der Waals surface area contributed by atoms with Gasteiger partial charge in [0.05, 0.1) is 0 Å². The molecular formula is C28H28ClN3O3. The average molecular weight is 490 g/mol. The molecule has 1 aromatic heterocycles. The Bertz CT molecular complexity index is 1300. The van der Waals surface area contributed by atoms with E-state index in [1.54, 1.807) is 17.0 Å². The van der Waals surface area contributed by atoms with E-state index in [1.165, 1.54) is 0 Å². The molecule has 4 rings (SSSR count). The molecule has 6 nitrogen and oxygen atoms in total. The number of hydrogen-bond donors (Lipinski definition) is 0. The number of carbonyl (C=O) groups is 1. The summed E-state index contributed by atoms with van der Waals surface area (Å²) in [6.45, 7) is 6.60. The first kappa shape index (κ1) is 24.5. The SMILES string of the molecule is CCC(C)N(Cc1nc(-c2cccc(C)c2)no1)C(=O)c1cccc(OCc2ccccc2Cl)c1. The van der Waals surface area contributed by atoms with Crippen molar-refractivity contribution in [1.29, 1.82) is 0 Å². The molecule has 0 aliphatic heterocycles. The maximum Gasteiger partial charge on any atom is 0.254 e. The van der Waals surface area contributed by atoms with E-state index < -0.39 is 0 Å². The van der Waals surface area contributed by atoms with Gasteiger partial charge in [0.15, 0.2) is 0 Å². The van der Waals surface area contributed by atoms with Gasteiger partial charge in [-0.2, -0.15) is 4.98 Å². The second-order valence-electron chi connectivity index (χ2n) is 8.48. The minimum Gasteiger partial charge on any atom is -0.489 e. The lowest BCUT2D eigenvalue weighted by atomic mass is 10.1. The lowest BCUT2D eigenvalue weighted by Crippen LogP contribution is -2.37. The molecule has 1 atom stereocenters. The number of nitrogens with zero attached hydrogens (tertiary/aromatic N) is 3. The smallest absolute Gasteiger partial charge is 0.254 e. The molecule has 1 heterocycles. The van der Waals surface area contributed by atoms with E-state index >= 15 is 0 Å². The molecule has 180 valence electrons. The molecule has 0 aliphatic rings. The summed E-state index contributed by atoms with van der Waals surface area (Å²) < 4.78 is 11.4. The highest BCUT2D eigenvalue weighted by Crippen LogP contribution is 2.23. The standard InChI is InChI=1S/C28H28ClN3O3/c1-4-20(3)32(17-26-30-27(31-35-26)21-11-7-9-19(2)15-21)28(33)22-12-8-13-24(16-22)34-18-23-10-5-6-14-25(23)29/h5-16,20H,4,17-18H2,1-3H3. The van der Waals surface area contributed by atoms with Gasteiger partial charge in [0.25, 0.3) is 5.91 Å². The van der Waals surface area contributed by atoms with Gasteiger partial charge in [-0.1, -0.05) is 71.7 Å². The van der Waals surface area contributed by atoms with Crippen molar-refractivity contribution in [1.82, 2.24) is 15.0 Å². The van der Waals surface area contributed by atoms with E-state index in [0.717, 1.165) is 23.1 Å². The van der Waals surface area contributed by atoms with Gasteiger partial charge in [-0.3, -0.25) is 4.79 Å². The van der Waals surface area contributed by atoms with E-state index in [2.05, 4.69) is 10.1 Å². The normalized spacial score (nSPS) is 11.8. The van der Waals surface area contributed by atoms with Crippen molar-refractivity contribution in [3.8, 4) is 17.1 Å². The van der Waals surface area contributed by atoms with E-state index in [1.807, 2.05) is 81.4 Å². The summed E-state index contributed by atoms with van der Waals surface area (Å²) in [4.78, 5) is 19.8. The molecule has 1 unspecified atom stereocenters. The molecule has 0 saturated heterocycles. The van der Waals surface area contributed by atoms with Crippen LogP contribution in [-0.2, 0) is 13.2 Å². The summed E-state index contributed by atoms with van der Waals surface area (Å²) in [5.74, 6) is 1.37. The molecule has 0 spiro atoms. The minimum absolute atomic E-state index is 0.0236.